The number of unbranched alkanes of at least 4 members (excludes halogenated alkanes) is 1. The van der Waals surface area contributed by atoms with Gasteiger partial charge in [0.15, 0.2) is 0 Å². The molecule has 19 heavy (non-hydrogen) atoms. The van der Waals surface area contributed by atoms with E-state index in [4.69, 9.17) is 4.55 Å². The van der Waals surface area contributed by atoms with E-state index in [1.54, 1.807) is 0 Å². The average molecular weight is 296 g/mol. The van der Waals surface area contributed by atoms with Crippen LogP contribution in [-0.4, -0.2) is 25.5 Å². The van der Waals surface area contributed by atoms with E-state index in [9.17, 15) is 13.2 Å². The molecule has 0 aliphatic rings. The average Bonchev–Trinajstić information content (AvgIpc) is 2.29. The van der Waals surface area contributed by atoms with Crippen LogP contribution in [-0.2, 0) is 10.1 Å². The number of amides is 2. The molecule has 0 aliphatic carbocycles. The van der Waals surface area contributed by atoms with E-state index < -0.39 is 10.1 Å². The third-order valence-corrected chi connectivity index (χ3v) is 3.09. The zero-order chi connectivity index (χ0) is 13.6. The van der Waals surface area contributed by atoms with Crippen molar-refractivity contribution in [2.45, 2.75) is 24.7 Å². The number of urea groups is 1. The summed E-state index contributed by atoms with van der Waals surface area (Å²) in [5, 5.41) is 5.21. The summed E-state index contributed by atoms with van der Waals surface area (Å²) in [6.07, 6.45) is 1.89. The molecule has 8 heteroatoms. The Labute approximate surface area is 136 Å². The fourth-order valence-electron chi connectivity index (χ4n) is 1.26. The standard InChI is InChI=1S/C11H16N2O4S.Na.H/c1-2-3-8-12-11(14)13-9-4-6-10(7-5-9)18(15,16)17;;/h4-7H,2-3,8H2,1H3,(H2,12,13,14)(H,15,16,17);;/q;+1;-1. The first kappa shape index (κ1) is 18.4. The van der Waals surface area contributed by atoms with Crippen LogP contribution in [0.1, 0.15) is 21.2 Å². The Morgan fingerprint density at radius 3 is 2.37 bits per heavy atom. The van der Waals surface area contributed by atoms with Crippen LogP contribution in [0.4, 0.5) is 10.5 Å². The van der Waals surface area contributed by atoms with E-state index in [1.807, 2.05) is 6.92 Å². The summed E-state index contributed by atoms with van der Waals surface area (Å²) in [5.41, 5.74) is 0.455. The minimum atomic E-state index is -4.19. The van der Waals surface area contributed by atoms with Crippen molar-refractivity contribution < 1.29 is 48.7 Å². The number of carbonyl (C=O) groups excluding carboxylic acids is 1. The zero-order valence-electron chi connectivity index (χ0n) is 12.0. The van der Waals surface area contributed by atoms with E-state index in [2.05, 4.69) is 10.6 Å². The predicted octanol–water partition coefficient (Wildman–Crippen LogP) is -1.03. The number of nitrogens with one attached hydrogen (secondary N) is 2. The van der Waals surface area contributed by atoms with E-state index in [0.29, 0.717) is 12.2 Å². The third-order valence-electron chi connectivity index (χ3n) is 2.23. The number of hydrogen-bond acceptors (Lipinski definition) is 3. The second-order valence-electron chi connectivity index (χ2n) is 3.73. The van der Waals surface area contributed by atoms with Gasteiger partial charge < -0.3 is 12.1 Å². The molecule has 1 rings (SSSR count). The Morgan fingerprint density at radius 1 is 1.32 bits per heavy atom. The largest absolute Gasteiger partial charge is 1.00 e. The molecule has 0 heterocycles. The maximum absolute atomic E-state index is 11.4. The number of rotatable bonds is 5. The zero-order valence-corrected chi connectivity index (χ0v) is 13.8. The van der Waals surface area contributed by atoms with Crippen LogP contribution in [0.2, 0.25) is 0 Å². The summed E-state index contributed by atoms with van der Waals surface area (Å²) in [6, 6.07) is 4.90. The molecule has 1 aromatic rings. The Hall–Kier alpha value is -0.600. The summed E-state index contributed by atoms with van der Waals surface area (Å²) < 4.78 is 30.4. The summed E-state index contributed by atoms with van der Waals surface area (Å²) in [4.78, 5) is 11.2. The SMILES string of the molecule is CCCCNC(=O)Nc1ccc(S(=O)(=O)O)cc1.[H-].[Na+]. The quantitative estimate of drug-likeness (QED) is 0.368. The van der Waals surface area contributed by atoms with Crippen LogP contribution in [0.5, 0.6) is 0 Å². The van der Waals surface area contributed by atoms with Crippen LogP contribution >= 0.6 is 0 Å². The number of hydrogen-bond donors (Lipinski definition) is 3. The first-order chi connectivity index (χ1) is 8.43. The van der Waals surface area contributed by atoms with Crippen LogP contribution in [0.3, 0.4) is 0 Å². The van der Waals surface area contributed by atoms with Gasteiger partial charge in [0, 0.05) is 12.2 Å². The van der Waals surface area contributed by atoms with Gasteiger partial charge in [0.2, 0.25) is 0 Å². The second-order valence-corrected chi connectivity index (χ2v) is 5.16. The first-order valence-electron chi connectivity index (χ1n) is 5.56. The van der Waals surface area contributed by atoms with Crippen molar-refractivity contribution in [3.8, 4) is 0 Å². The van der Waals surface area contributed by atoms with Gasteiger partial charge in [-0.1, -0.05) is 13.3 Å². The molecule has 0 aromatic heterocycles. The minimum absolute atomic E-state index is 0. The molecular weight excluding hydrogens is 279 g/mol. The number of carbonyl (C=O) groups is 1. The topological polar surface area (TPSA) is 95.5 Å². The van der Waals surface area contributed by atoms with Crippen molar-refractivity contribution in [3.63, 3.8) is 0 Å². The maximum Gasteiger partial charge on any atom is 1.00 e. The Kier molecular flexibility index (Phi) is 8.28. The van der Waals surface area contributed by atoms with Crippen molar-refractivity contribution in [2.24, 2.45) is 0 Å². The van der Waals surface area contributed by atoms with Crippen molar-refractivity contribution in [3.05, 3.63) is 24.3 Å². The number of anilines is 1. The predicted molar refractivity (Wildman–Crippen MR) is 69.3 cm³/mol. The molecule has 102 valence electrons. The molecule has 3 N–H and O–H groups in total. The molecular formula is C11H17N2NaO4S. The van der Waals surface area contributed by atoms with Gasteiger partial charge in [0.05, 0.1) is 4.90 Å². The molecule has 0 unspecified atom stereocenters. The van der Waals surface area contributed by atoms with Gasteiger partial charge in [0.1, 0.15) is 0 Å². The molecule has 6 nitrogen and oxygen atoms in total. The smallest absolute Gasteiger partial charge is 1.00 e. The molecule has 0 saturated heterocycles. The van der Waals surface area contributed by atoms with Gasteiger partial charge in [-0.3, -0.25) is 4.55 Å². The van der Waals surface area contributed by atoms with Crippen molar-refractivity contribution >= 4 is 21.8 Å². The second kappa shape index (κ2) is 8.55. The van der Waals surface area contributed by atoms with Gasteiger partial charge in [-0.2, -0.15) is 8.42 Å². The van der Waals surface area contributed by atoms with Gasteiger partial charge >= 0.3 is 35.6 Å². The normalized spacial score (nSPS) is 10.4. The molecule has 0 radical (unpaired) electrons. The molecule has 2 amide bonds. The molecule has 0 aliphatic heterocycles. The molecule has 1 aromatic carbocycles. The summed E-state index contributed by atoms with van der Waals surface area (Å²) in [6.45, 7) is 2.61. The third kappa shape index (κ3) is 6.93. The molecule has 0 bridgehead atoms. The van der Waals surface area contributed by atoms with Crippen molar-refractivity contribution in [2.75, 3.05) is 11.9 Å². The summed E-state index contributed by atoms with van der Waals surface area (Å²) in [5.74, 6) is 0. The minimum Gasteiger partial charge on any atom is -1.00 e. The first-order valence-corrected chi connectivity index (χ1v) is 7.00. The summed E-state index contributed by atoms with van der Waals surface area (Å²) >= 11 is 0. The van der Waals surface area contributed by atoms with Gasteiger partial charge in [-0.15, -0.1) is 0 Å². The fourth-order valence-corrected chi connectivity index (χ4v) is 1.74. The molecule has 0 atom stereocenters. The van der Waals surface area contributed by atoms with Crippen molar-refractivity contribution in [1.82, 2.24) is 5.32 Å². The molecule has 0 spiro atoms. The van der Waals surface area contributed by atoms with E-state index in [1.165, 1.54) is 24.3 Å². The molecule has 0 fully saturated rings. The van der Waals surface area contributed by atoms with Gasteiger partial charge in [0.25, 0.3) is 10.1 Å². The maximum atomic E-state index is 11.4. The van der Waals surface area contributed by atoms with Gasteiger partial charge in [-0.25, -0.2) is 4.79 Å². The van der Waals surface area contributed by atoms with Gasteiger partial charge in [-0.05, 0) is 30.7 Å². The Balaban J connectivity index is 0. The Bertz CT molecular complexity index is 508. The van der Waals surface area contributed by atoms with E-state index in [-0.39, 0.29) is 41.9 Å². The molecule has 0 saturated carbocycles. The van der Waals surface area contributed by atoms with Crippen LogP contribution in [0, 0.1) is 0 Å². The summed E-state index contributed by atoms with van der Waals surface area (Å²) in [7, 11) is -4.19. The number of benzene rings is 1. The fraction of sp³-hybridized carbons (Fsp3) is 0.364. The van der Waals surface area contributed by atoms with E-state index in [0.717, 1.165) is 12.8 Å². The van der Waals surface area contributed by atoms with Crippen LogP contribution in [0.25, 0.3) is 0 Å². The van der Waals surface area contributed by atoms with Crippen LogP contribution < -0.4 is 40.2 Å². The van der Waals surface area contributed by atoms with Crippen LogP contribution in [0.15, 0.2) is 29.2 Å². The Morgan fingerprint density at radius 2 is 1.89 bits per heavy atom. The monoisotopic (exact) mass is 296 g/mol. The van der Waals surface area contributed by atoms with Crippen molar-refractivity contribution in [1.29, 1.82) is 0 Å². The van der Waals surface area contributed by atoms with E-state index >= 15 is 0 Å².